The van der Waals surface area contributed by atoms with Gasteiger partial charge >= 0.3 is 12.1 Å². The molecule has 0 spiro atoms. The number of carbonyl (C=O) groups is 3. The molecule has 0 unspecified atom stereocenters. The fourth-order valence-corrected chi connectivity index (χ4v) is 4.88. The Morgan fingerprint density at radius 2 is 1.69 bits per heavy atom. The average molecular weight is 543 g/mol. The van der Waals surface area contributed by atoms with Gasteiger partial charge in [-0.25, -0.2) is 9.78 Å². The predicted molar refractivity (Wildman–Crippen MR) is 133 cm³/mol. The summed E-state index contributed by atoms with van der Waals surface area (Å²) in [4.78, 5) is 38.8. The van der Waals surface area contributed by atoms with Crippen molar-refractivity contribution in [2.75, 3.05) is 6.54 Å². The van der Waals surface area contributed by atoms with Gasteiger partial charge in [-0.05, 0) is 55.3 Å². The number of rotatable bonds is 9. The molecule has 0 saturated carbocycles. The first-order valence-electron chi connectivity index (χ1n) is 10.7. The number of carbonyl (C=O) groups excluding carboxylic acids is 2. The Morgan fingerprint density at radius 3 is 2.28 bits per heavy atom. The molecule has 1 heterocycles. The van der Waals surface area contributed by atoms with Crippen molar-refractivity contribution in [3.63, 3.8) is 0 Å². The van der Waals surface area contributed by atoms with Gasteiger partial charge in [0, 0.05) is 0 Å². The molecule has 1 aromatic heterocycles. The van der Waals surface area contributed by atoms with Crippen LogP contribution in [0.1, 0.15) is 18.4 Å². The van der Waals surface area contributed by atoms with Crippen LogP contribution in [0, 0.1) is 0 Å². The van der Waals surface area contributed by atoms with E-state index in [0.29, 0.717) is 30.1 Å². The minimum Gasteiger partial charge on any atom is -0.475 e. The summed E-state index contributed by atoms with van der Waals surface area (Å²) in [5.74, 6) is -3.10. The Hall–Kier alpha value is -3.00. The van der Waals surface area contributed by atoms with Gasteiger partial charge in [-0.3, -0.25) is 9.59 Å². The van der Waals surface area contributed by atoms with Crippen molar-refractivity contribution in [3.05, 3.63) is 60.2 Å². The van der Waals surface area contributed by atoms with E-state index < -0.39 is 24.2 Å². The van der Waals surface area contributed by atoms with E-state index in [9.17, 15) is 22.8 Å². The average Bonchev–Trinajstić information content (AvgIpc) is 3.24. The van der Waals surface area contributed by atoms with Crippen molar-refractivity contribution >= 4 is 50.3 Å². The number of hydrogen-bond acceptors (Lipinski definition) is 8. The number of carboxylic acids is 1. The minimum absolute atomic E-state index is 0.155. The van der Waals surface area contributed by atoms with Gasteiger partial charge in [0.15, 0.2) is 4.34 Å². The lowest BCUT2D eigenvalue weighted by Crippen LogP contribution is -2.48. The smallest absolute Gasteiger partial charge is 0.475 e. The number of aliphatic carboxylic acids is 1. The molecule has 0 radical (unpaired) electrons. The summed E-state index contributed by atoms with van der Waals surface area (Å²) >= 11 is 2.52. The van der Waals surface area contributed by atoms with E-state index in [4.69, 9.17) is 21.4 Å². The summed E-state index contributed by atoms with van der Waals surface area (Å²) in [7, 11) is 0. The molecule has 0 aliphatic carbocycles. The number of fused-ring (bicyclic) bond motifs is 1. The molecule has 3 rings (SSSR count). The van der Waals surface area contributed by atoms with Gasteiger partial charge in [-0.15, -0.1) is 11.3 Å². The number of nitrogens with one attached hydrogen (secondary N) is 1. The number of nitrogens with zero attached hydrogens (tertiary/aromatic N) is 1. The third-order valence-electron chi connectivity index (χ3n) is 4.64. The lowest BCUT2D eigenvalue weighted by atomic mass is 10.1. The second-order valence-corrected chi connectivity index (χ2v) is 9.74. The van der Waals surface area contributed by atoms with Crippen LogP contribution in [-0.2, 0) is 20.8 Å². The summed E-state index contributed by atoms with van der Waals surface area (Å²) in [5, 5.41) is 9.78. The number of thioether (sulfide) groups is 1. The summed E-state index contributed by atoms with van der Waals surface area (Å²) in [6.07, 6.45) is -3.57. The van der Waals surface area contributed by atoms with Crippen molar-refractivity contribution in [1.82, 2.24) is 10.3 Å². The van der Waals surface area contributed by atoms with Crippen LogP contribution in [0.4, 0.5) is 13.2 Å². The van der Waals surface area contributed by atoms with Crippen molar-refractivity contribution in [3.8, 4) is 0 Å². The zero-order chi connectivity index (χ0) is 26.7. The highest BCUT2D eigenvalue weighted by atomic mass is 32.2. The molecular formula is C23H25F3N4O4S2. The maximum atomic E-state index is 12.8. The number of aromatic nitrogens is 1. The van der Waals surface area contributed by atoms with Crippen LogP contribution in [-0.4, -0.2) is 51.9 Å². The van der Waals surface area contributed by atoms with Gasteiger partial charge in [-0.1, -0.05) is 42.5 Å². The molecule has 1 amide bonds. The SMILES string of the molecule is NCCC[C@H](NC(=O)[C@H](N)Cc1ccccc1)C(=O)Sc1nc2ccccc2s1.O=C(O)C(F)(F)F. The number of thiazole rings is 1. The quantitative estimate of drug-likeness (QED) is 0.301. The summed E-state index contributed by atoms with van der Waals surface area (Å²) in [6, 6.07) is 15.9. The van der Waals surface area contributed by atoms with Gasteiger partial charge in [0.1, 0.15) is 0 Å². The molecule has 2 atom stereocenters. The lowest BCUT2D eigenvalue weighted by molar-refractivity contribution is -0.192. The van der Waals surface area contributed by atoms with Gasteiger partial charge < -0.3 is 21.9 Å². The van der Waals surface area contributed by atoms with Crippen LogP contribution in [0.5, 0.6) is 0 Å². The van der Waals surface area contributed by atoms with Crippen LogP contribution in [0.3, 0.4) is 0 Å². The number of para-hydroxylation sites is 1. The Balaban J connectivity index is 0.000000572. The van der Waals surface area contributed by atoms with E-state index in [0.717, 1.165) is 27.5 Å². The standard InChI is InChI=1S/C21H24N4O2S2.C2HF3O2/c22-12-6-10-17(24-19(26)15(23)13-14-7-2-1-3-8-14)20(27)29-21-25-16-9-4-5-11-18(16)28-21;3-2(4,5)1(6)7/h1-5,7-9,11,15,17H,6,10,12-13,22-23H2,(H,24,26);(H,6,7)/t15-,17+;/m1./s1. The fraction of sp³-hybridized carbons (Fsp3) is 0.304. The highest BCUT2D eigenvalue weighted by molar-refractivity contribution is 8.15. The van der Waals surface area contributed by atoms with Gasteiger partial charge in [-0.2, -0.15) is 13.2 Å². The number of benzene rings is 2. The summed E-state index contributed by atoms with van der Waals surface area (Å²) < 4.78 is 33.4. The Kier molecular flexibility index (Phi) is 11.3. The minimum atomic E-state index is -5.08. The molecule has 0 aliphatic rings. The molecule has 194 valence electrons. The molecule has 13 heteroatoms. The van der Waals surface area contributed by atoms with Gasteiger partial charge in [0.2, 0.25) is 11.0 Å². The first kappa shape index (κ1) is 29.2. The van der Waals surface area contributed by atoms with E-state index in [2.05, 4.69) is 10.3 Å². The molecule has 3 aromatic rings. The normalized spacial score (nSPS) is 12.8. The largest absolute Gasteiger partial charge is 0.490 e. The molecular weight excluding hydrogens is 517 g/mol. The highest BCUT2D eigenvalue weighted by Gasteiger charge is 2.38. The molecule has 6 N–H and O–H groups in total. The maximum absolute atomic E-state index is 12.8. The van der Waals surface area contributed by atoms with Crippen molar-refractivity contribution in [1.29, 1.82) is 0 Å². The summed E-state index contributed by atoms with van der Waals surface area (Å²) in [5.41, 5.74) is 13.5. The number of halogens is 3. The molecule has 8 nitrogen and oxygen atoms in total. The third kappa shape index (κ3) is 9.57. The van der Waals surface area contributed by atoms with Crippen LogP contribution >= 0.6 is 23.1 Å². The highest BCUT2D eigenvalue weighted by Crippen LogP contribution is 2.30. The Labute approximate surface area is 213 Å². The number of hydrogen-bond donors (Lipinski definition) is 4. The van der Waals surface area contributed by atoms with Gasteiger partial charge in [0.25, 0.3) is 0 Å². The molecule has 0 aliphatic heterocycles. The van der Waals surface area contributed by atoms with Crippen molar-refractivity contribution in [2.24, 2.45) is 11.5 Å². The number of nitrogens with two attached hydrogens (primary N) is 2. The van der Waals surface area contributed by atoms with E-state index in [-0.39, 0.29) is 11.0 Å². The maximum Gasteiger partial charge on any atom is 0.490 e. The summed E-state index contributed by atoms with van der Waals surface area (Å²) in [6.45, 7) is 0.446. The number of alkyl halides is 3. The second-order valence-electron chi connectivity index (χ2n) is 7.46. The van der Waals surface area contributed by atoms with Crippen molar-refractivity contribution < 1.29 is 32.7 Å². The molecule has 0 bridgehead atoms. The van der Waals surface area contributed by atoms with Crippen LogP contribution in [0.15, 0.2) is 58.9 Å². The van der Waals surface area contributed by atoms with Crippen LogP contribution < -0.4 is 16.8 Å². The van der Waals surface area contributed by atoms with Gasteiger partial charge in [0.05, 0.1) is 22.3 Å². The van der Waals surface area contributed by atoms with Crippen LogP contribution in [0.25, 0.3) is 10.2 Å². The zero-order valence-corrected chi connectivity index (χ0v) is 20.5. The number of carboxylic acid groups (broad SMARTS) is 1. The van der Waals surface area contributed by atoms with E-state index >= 15 is 0 Å². The molecule has 36 heavy (non-hydrogen) atoms. The lowest BCUT2D eigenvalue weighted by Gasteiger charge is -2.19. The molecule has 0 fully saturated rings. The topological polar surface area (TPSA) is 148 Å². The predicted octanol–water partition coefficient (Wildman–Crippen LogP) is 3.34. The van der Waals surface area contributed by atoms with E-state index in [1.54, 1.807) is 0 Å². The van der Waals surface area contributed by atoms with E-state index in [1.165, 1.54) is 11.3 Å². The fourth-order valence-electron chi connectivity index (χ4n) is 2.86. The van der Waals surface area contributed by atoms with Crippen LogP contribution in [0.2, 0.25) is 0 Å². The Morgan fingerprint density at radius 1 is 1.08 bits per heavy atom. The van der Waals surface area contributed by atoms with E-state index in [1.807, 2.05) is 54.6 Å². The molecule has 2 aromatic carbocycles. The number of amides is 1. The second kappa shape index (κ2) is 13.9. The first-order chi connectivity index (χ1) is 17.0. The third-order valence-corrected chi connectivity index (χ3v) is 6.72. The zero-order valence-electron chi connectivity index (χ0n) is 18.9. The first-order valence-corrected chi connectivity index (χ1v) is 12.3. The monoisotopic (exact) mass is 542 g/mol. The molecule has 0 saturated heterocycles. The van der Waals surface area contributed by atoms with Crippen molar-refractivity contribution in [2.45, 2.75) is 41.9 Å². The Bertz CT molecular complexity index is 1130.